The number of cyclic esters (lactones) is 1. The molecule has 0 spiro atoms. The molecule has 1 amide bonds. The highest BCUT2D eigenvalue weighted by atomic mass is 16.5. The predicted octanol–water partition coefficient (Wildman–Crippen LogP) is 2.37. The molecule has 4 nitrogen and oxygen atoms in total. The van der Waals surface area contributed by atoms with Gasteiger partial charge in [0, 0.05) is 6.54 Å². The summed E-state index contributed by atoms with van der Waals surface area (Å²) in [5.74, 6) is -0.773. The van der Waals surface area contributed by atoms with Crippen LogP contribution in [0, 0.1) is 24.7 Å². The SMILES string of the molecule is Cc1ccc(CNC(=O)[C@@H]2CC=C[C@@H]3CCOC(=O)[C@@H]32)cc1. The second kappa shape index (κ2) is 6.34. The van der Waals surface area contributed by atoms with E-state index in [1.165, 1.54) is 5.56 Å². The number of amides is 1. The summed E-state index contributed by atoms with van der Waals surface area (Å²) in [5.41, 5.74) is 2.26. The summed E-state index contributed by atoms with van der Waals surface area (Å²) in [7, 11) is 0. The van der Waals surface area contributed by atoms with Crippen LogP contribution in [-0.2, 0) is 20.9 Å². The molecule has 3 rings (SSSR count). The lowest BCUT2D eigenvalue weighted by molar-refractivity contribution is -0.161. The van der Waals surface area contributed by atoms with Gasteiger partial charge in [-0.3, -0.25) is 9.59 Å². The number of hydrogen-bond acceptors (Lipinski definition) is 3. The Hall–Kier alpha value is -2.10. The third kappa shape index (κ3) is 3.06. The monoisotopic (exact) mass is 299 g/mol. The van der Waals surface area contributed by atoms with Crippen molar-refractivity contribution >= 4 is 11.9 Å². The number of rotatable bonds is 3. The average molecular weight is 299 g/mol. The summed E-state index contributed by atoms with van der Waals surface area (Å²) in [4.78, 5) is 24.5. The van der Waals surface area contributed by atoms with Gasteiger partial charge in [-0.2, -0.15) is 0 Å². The molecule has 1 N–H and O–H groups in total. The van der Waals surface area contributed by atoms with Gasteiger partial charge in [-0.25, -0.2) is 0 Å². The van der Waals surface area contributed by atoms with Crippen LogP contribution in [0.15, 0.2) is 36.4 Å². The molecule has 1 saturated heterocycles. The largest absolute Gasteiger partial charge is 0.465 e. The topological polar surface area (TPSA) is 55.4 Å². The Balaban J connectivity index is 1.65. The molecule has 1 aliphatic carbocycles. The van der Waals surface area contributed by atoms with Crippen LogP contribution in [0.25, 0.3) is 0 Å². The Morgan fingerprint density at radius 2 is 2.09 bits per heavy atom. The number of esters is 1. The fourth-order valence-electron chi connectivity index (χ4n) is 3.27. The highest BCUT2D eigenvalue weighted by Crippen LogP contribution is 2.36. The van der Waals surface area contributed by atoms with Crippen molar-refractivity contribution < 1.29 is 14.3 Å². The molecule has 4 heteroatoms. The van der Waals surface area contributed by atoms with E-state index in [1.807, 2.05) is 37.3 Å². The number of allylic oxidation sites excluding steroid dienone is 2. The number of aryl methyl sites for hydroxylation is 1. The molecule has 2 aliphatic rings. The lowest BCUT2D eigenvalue weighted by Crippen LogP contribution is -2.45. The summed E-state index contributed by atoms with van der Waals surface area (Å²) in [6.07, 6.45) is 5.51. The quantitative estimate of drug-likeness (QED) is 0.688. The summed E-state index contributed by atoms with van der Waals surface area (Å²) in [6.45, 7) is 2.99. The van der Waals surface area contributed by atoms with Crippen molar-refractivity contribution in [1.29, 1.82) is 0 Å². The van der Waals surface area contributed by atoms with Crippen LogP contribution in [-0.4, -0.2) is 18.5 Å². The first kappa shape index (κ1) is 14.8. The molecule has 1 heterocycles. The Labute approximate surface area is 130 Å². The third-order valence-electron chi connectivity index (χ3n) is 4.56. The van der Waals surface area contributed by atoms with E-state index in [0.717, 1.165) is 12.0 Å². The predicted molar refractivity (Wildman–Crippen MR) is 82.8 cm³/mol. The van der Waals surface area contributed by atoms with Crippen molar-refractivity contribution in [3.63, 3.8) is 0 Å². The smallest absolute Gasteiger partial charge is 0.310 e. The number of nitrogens with one attached hydrogen (secondary N) is 1. The molecular weight excluding hydrogens is 278 g/mol. The summed E-state index contributed by atoms with van der Waals surface area (Å²) >= 11 is 0. The molecule has 0 bridgehead atoms. The normalized spacial score (nSPS) is 27.0. The van der Waals surface area contributed by atoms with Crippen LogP contribution in [0.3, 0.4) is 0 Å². The van der Waals surface area contributed by atoms with Gasteiger partial charge in [-0.1, -0.05) is 42.0 Å². The first-order valence-electron chi connectivity index (χ1n) is 7.81. The van der Waals surface area contributed by atoms with E-state index < -0.39 is 0 Å². The first-order valence-corrected chi connectivity index (χ1v) is 7.81. The number of ether oxygens (including phenoxy) is 1. The standard InChI is InChI=1S/C18H21NO3/c1-12-5-7-13(8-6-12)11-19-17(20)15-4-2-3-14-9-10-22-18(21)16(14)15/h2-3,5-8,14-16H,4,9-11H2,1H3,(H,19,20)/t14-,15-,16+/m1/s1. The van der Waals surface area contributed by atoms with Crippen molar-refractivity contribution in [2.75, 3.05) is 6.61 Å². The molecule has 0 unspecified atom stereocenters. The number of benzene rings is 1. The van der Waals surface area contributed by atoms with Gasteiger partial charge in [-0.05, 0) is 31.2 Å². The Morgan fingerprint density at radius 1 is 1.32 bits per heavy atom. The fourth-order valence-corrected chi connectivity index (χ4v) is 3.27. The first-order chi connectivity index (χ1) is 10.6. The van der Waals surface area contributed by atoms with E-state index in [1.54, 1.807) is 0 Å². The van der Waals surface area contributed by atoms with Crippen LogP contribution in [0.2, 0.25) is 0 Å². The van der Waals surface area contributed by atoms with Crippen LogP contribution >= 0.6 is 0 Å². The van der Waals surface area contributed by atoms with Crippen molar-refractivity contribution in [3.05, 3.63) is 47.5 Å². The van der Waals surface area contributed by atoms with Gasteiger partial charge in [0.15, 0.2) is 0 Å². The number of carbonyl (C=O) groups excluding carboxylic acids is 2. The Kier molecular flexibility index (Phi) is 4.27. The van der Waals surface area contributed by atoms with E-state index in [9.17, 15) is 9.59 Å². The maximum atomic E-state index is 12.5. The van der Waals surface area contributed by atoms with Gasteiger partial charge >= 0.3 is 5.97 Å². The van der Waals surface area contributed by atoms with Crippen LogP contribution < -0.4 is 5.32 Å². The summed E-state index contributed by atoms with van der Waals surface area (Å²) in [5, 5.41) is 2.96. The van der Waals surface area contributed by atoms with Crippen LogP contribution in [0.5, 0.6) is 0 Å². The second-order valence-electron chi connectivity index (χ2n) is 6.12. The number of fused-ring (bicyclic) bond motifs is 1. The van der Waals surface area contributed by atoms with Gasteiger partial charge in [0.05, 0.1) is 18.4 Å². The molecule has 22 heavy (non-hydrogen) atoms. The average Bonchev–Trinajstić information content (AvgIpc) is 2.54. The minimum absolute atomic E-state index is 0.0567. The molecule has 116 valence electrons. The second-order valence-corrected chi connectivity index (χ2v) is 6.12. The molecule has 0 radical (unpaired) electrons. The lowest BCUT2D eigenvalue weighted by Gasteiger charge is -2.35. The Morgan fingerprint density at radius 3 is 2.86 bits per heavy atom. The maximum absolute atomic E-state index is 12.5. The van der Waals surface area contributed by atoms with Gasteiger partial charge in [-0.15, -0.1) is 0 Å². The minimum Gasteiger partial charge on any atom is -0.465 e. The molecular formula is C18H21NO3. The van der Waals surface area contributed by atoms with Crippen molar-refractivity contribution in [1.82, 2.24) is 5.32 Å². The van der Waals surface area contributed by atoms with Crippen molar-refractivity contribution in [3.8, 4) is 0 Å². The molecule has 0 aromatic heterocycles. The summed E-state index contributed by atoms with van der Waals surface area (Å²) < 4.78 is 5.15. The van der Waals surface area contributed by atoms with Crippen molar-refractivity contribution in [2.24, 2.45) is 17.8 Å². The molecule has 0 saturated carbocycles. The van der Waals surface area contributed by atoms with E-state index in [2.05, 4.69) is 11.4 Å². The zero-order valence-corrected chi connectivity index (χ0v) is 12.7. The zero-order valence-electron chi connectivity index (χ0n) is 12.7. The maximum Gasteiger partial charge on any atom is 0.310 e. The van der Waals surface area contributed by atoms with Gasteiger partial charge < -0.3 is 10.1 Å². The fraction of sp³-hybridized carbons (Fsp3) is 0.444. The number of carbonyl (C=O) groups is 2. The molecule has 3 atom stereocenters. The molecule has 1 aromatic carbocycles. The van der Waals surface area contributed by atoms with E-state index in [-0.39, 0.29) is 29.6 Å². The summed E-state index contributed by atoms with van der Waals surface area (Å²) in [6, 6.07) is 8.07. The van der Waals surface area contributed by atoms with Gasteiger partial charge in [0.25, 0.3) is 0 Å². The highest BCUT2D eigenvalue weighted by molar-refractivity contribution is 5.86. The highest BCUT2D eigenvalue weighted by Gasteiger charge is 2.42. The van der Waals surface area contributed by atoms with Crippen LogP contribution in [0.4, 0.5) is 0 Å². The number of hydrogen-bond donors (Lipinski definition) is 1. The minimum atomic E-state index is -0.322. The van der Waals surface area contributed by atoms with E-state index in [0.29, 0.717) is 19.6 Å². The molecule has 1 aliphatic heterocycles. The van der Waals surface area contributed by atoms with E-state index in [4.69, 9.17) is 4.74 Å². The van der Waals surface area contributed by atoms with E-state index >= 15 is 0 Å². The Bertz CT molecular complexity index is 591. The van der Waals surface area contributed by atoms with Gasteiger partial charge in [0.1, 0.15) is 0 Å². The van der Waals surface area contributed by atoms with Gasteiger partial charge in [0.2, 0.25) is 5.91 Å². The van der Waals surface area contributed by atoms with Crippen molar-refractivity contribution in [2.45, 2.75) is 26.3 Å². The zero-order chi connectivity index (χ0) is 15.5. The molecule has 1 aromatic rings. The third-order valence-corrected chi connectivity index (χ3v) is 4.56. The lowest BCUT2D eigenvalue weighted by atomic mass is 9.73. The van der Waals surface area contributed by atoms with Crippen LogP contribution in [0.1, 0.15) is 24.0 Å². The molecule has 1 fully saturated rings.